The van der Waals surface area contributed by atoms with E-state index in [1.54, 1.807) is 12.1 Å². The molecule has 33 heavy (non-hydrogen) atoms. The highest BCUT2D eigenvalue weighted by Crippen LogP contribution is 2.37. The maximum Gasteiger partial charge on any atom is 0.208 e. The van der Waals surface area contributed by atoms with E-state index in [4.69, 9.17) is 0 Å². The van der Waals surface area contributed by atoms with E-state index in [2.05, 4.69) is 24.3 Å². The second kappa shape index (κ2) is 10.5. The summed E-state index contributed by atoms with van der Waals surface area (Å²) in [5, 5.41) is 19.7. The zero-order valence-electron chi connectivity index (χ0n) is 16.9. The summed E-state index contributed by atoms with van der Waals surface area (Å²) in [7, 11) is -5.46. The van der Waals surface area contributed by atoms with Crippen molar-refractivity contribution in [3.63, 3.8) is 0 Å². The molecule has 2 N–H and O–H groups in total. The zero-order valence-corrected chi connectivity index (χ0v) is 18.6. The monoisotopic (exact) mass is 488 g/mol. The molecule has 0 saturated heterocycles. The first-order valence-electron chi connectivity index (χ1n) is 9.45. The van der Waals surface area contributed by atoms with Crippen molar-refractivity contribution in [3.05, 3.63) is 109 Å². The van der Waals surface area contributed by atoms with Crippen LogP contribution in [0.2, 0.25) is 0 Å². The number of hydrogen-bond donors (Lipinski definition) is 2. The molecule has 0 heterocycles. The molecule has 0 unspecified atom stereocenters. The molecule has 0 bridgehead atoms. The maximum atomic E-state index is 12.5. The molecule has 0 amide bonds. The van der Waals surface area contributed by atoms with Crippen molar-refractivity contribution < 1.29 is 32.0 Å². The SMILES string of the molecule is O=S(=O)([O-])c1c(F)cccc1F.Oc1ccc([S+](c2ccccc2)c2ccccc2)c(O)c1. The number of hydrogen-bond acceptors (Lipinski definition) is 5. The van der Waals surface area contributed by atoms with E-state index in [0.717, 1.165) is 20.8 Å². The smallest absolute Gasteiger partial charge is 0.208 e. The number of aromatic hydroxyl groups is 2. The molecule has 0 atom stereocenters. The van der Waals surface area contributed by atoms with Gasteiger partial charge in [-0.3, -0.25) is 0 Å². The molecule has 5 nitrogen and oxygen atoms in total. The average molecular weight is 489 g/mol. The van der Waals surface area contributed by atoms with Crippen molar-refractivity contribution in [3.8, 4) is 11.5 Å². The number of benzene rings is 4. The molecule has 0 aromatic heterocycles. The molecule has 0 aliphatic heterocycles. The lowest BCUT2D eigenvalue weighted by Crippen LogP contribution is -2.04. The van der Waals surface area contributed by atoms with E-state index in [0.29, 0.717) is 12.1 Å². The molecule has 4 rings (SSSR count). The van der Waals surface area contributed by atoms with Gasteiger partial charge in [0.1, 0.15) is 43.3 Å². The molecule has 0 aliphatic carbocycles. The lowest BCUT2D eigenvalue weighted by atomic mass is 10.3. The summed E-state index contributed by atoms with van der Waals surface area (Å²) in [5.41, 5.74) is 0. The van der Waals surface area contributed by atoms with E-state index in [1.165, 1.54) is 6.07 Å². The van der Waals surface area contributed by atoms with E-state index in [-0.39, 0.29) is 11.5 Å². The van der Waals surface area contributed by atoms with Crippen LogP contribution >= 0.6 is 0 Å². The van der Waals surface area contributed by atoms with Crippen LogP contribution in [-0.4, -0.2) is 23.2 Å². The van der Waals surface area contributed by atoms with Crippen LogP contribution in [0.15, 0.2) is 117 Å². The summed E-state index contributed by atoms with van der Waals surface area (Å²) >= 11 is 0. The minimum atomic E-state index is -5.06. The highest BCUT2D eigenvalue weighted by atomic mass is 32.2. The first kappa shape index (κ1) is 24.2. The summed E-state index contributed by atoms with van der Waals surface area (Å²) in [6.45, 7) is 0. The Morgan fingerprint density at radius 2 is 1.18 bits per heavy atom. The molecule has 4 aromatic carbocycles. The van der Waals surface area contributed by atoms with Crippen molar-refractivity contribution in [1.82, 2.24) is 0 Å². The zero-order chi connectivity index (χ0) is 24.0. The summed E-state index contributed by atoms with van der Waals surface area (Å²) < 4.78 is 55.8. The lowest BCUT2D eigenvalue weighted by Gasteiger charge is -2.09. The molecule has 0 radical (unpaired) electrons. The highest BCUT2D eigenvalue weighted by molar-refractivity contribution is 7.97. The average Bonchev–Trinajstić information content (AvgIpc) is 2.76. The van der Waals surface area contributed by atoms with Crippen LogP contribution in [0, 0.1) is 11.6 Å². The van der Waals surface area contributed by atoms with Gasteiger partial charge >= 0.3 is 0 Å². The third-order valence-electron chi connectivity index (χ3n) is 4.29. The fourth-order valence-electron chi connectivity index (χ4n) is 2.90. The quantitative estimate of drug-likeness (QED) is 0.309. The second-order valence-electron chi connectivity index (χ2n) is 6.59. The summed E-state index contributed by atoms with van der Waals surface area (Å²) in [4.78, 5) is 1.64. The standard InChI is InChI=1S/C18H14O2S.C6H4F2O3S/c19-14-11-12-18(17(20)13-14)21(15-7-3-1-4-8-15)16-9-5-2-6-10-16;7-4-2-1-3-5(8)6(4)12(9,10)11/h1-13H,(H-,19,20);1-3H,(H,9,10,11). The first-order chi connectivity index (χ1) is 15.7. The Hall–Kier alpha value is -3.40. The fourth-order valence-corrected chi connectivity index (χ4v) is 5.63. The van der Waals surface area contributed by atoms with Gasteiger partial charge in [0.25, 0.3) is 0 Å². The van der Waals surface area contributed by atoms with Gasteiger partial charge in [0.05, 0.1) is 0 Å². The Kier molecular flexibility index (Phi) is 7.70. The Balaban J connectivity index is 0.000000218. The number of phenols is 2. The summed E-state index contributed by atoms with van der Waals surface area (Å²) in [6.07, 6.45) is 0. The van der Waals surface area contributed by atoms with Crippen LogP contribution in [0.5, 0.6) is 11.5 Å². The van der Waals surface area contributed by atoms with Crippen molar-refractivity contribution in [2.45, 2.75) is 19.6 Å². The fraction of sp³-hybridized carbons (Fsp3) is 0. The van der Waals surface area contributed by atoms with Crippen molar-refractivity contribution in [1.29, 1.82) is 0 Å². The lowest BCUT2D eigenvalue weighted by molar-refractivity contribution is 0.439. The predicted octanol–water partition coefficient (Wildman–Crippen LogP) is 5.06. The number of phenolic OH excluding ortho intramolecular Hbond substituents is 2. The van der Waals surface area contributed by atoms with Crippen LogP contribution in [0.3, 0.4) is 0 Å². The Morgan fingerprint density at radius 1 is 0.697 bits per heavy atom. The van der Waals surface area contributed by atoms with Gasteiger partial charge in [-0.25, -0.2) is 17.2 Å². The third-order valence-corrected chi connectivity index (χ3v) is 7.45. The van der Waals surface area contributed by atoms with E-state index < -0.39 is 37.5 Å². The summed E-state index contributed by atoms with van der Waals surface area (Å²) in [5.74, 6) is -2.55. The first-order valence-corrected chi connectivity index (χ1v) is 12.1. The second-order valence-corrected chi connectivity index (χ2v) is 9.90. The van der Waals surface area contributed by atoms with Crippen LogP contribution in [-0.2, 0) is 21.0 Å². The van der Waals surface area contributed by atoms with Crippen molar-refractivity contribution in [2.24, 2.45) is 0 Å². The van der Waals surface area contributed by atoms with Crippen molar-refractivity contribution >= 4 is 21.0 Å². The molecule has 0 saturated carbocycles. The van der Waals surface area contributed by atoms with Crippen LogP contribution in [0.1, 0.15) is 0 Å². The van der Waals surface area contributed by atoms with Gasteiger partial charge in [0.15, 0.2) is 15.5 Å². The molecule has 4 aromatic rings. The maximum absolute atomic E-state index is 12.5. The molecule has 0 spiro atoms. The topological polar surface area (TPSA) is 97.7 Å². The number of halogens is 2. The van der Waals surface area contributed by atoms with Gasteiger partial charge in [-0.05, 0) is 42.5 Å². The van der Waals surface area contributed by atoms with Crippen LogP contribution in [0.25, 0.3) is 0 Å². The normalized spacial score (nSPS) is 11.0. The number of rotatable bonds is 4. The van der Waals surface area contributed by atoms with Crippen LogP contribution in [0.4, 0.5) is 8.78 Å². The van der Waals surface area contributed by atoms with E-state index in [9.17, 15) is 32.0 Å². The molecule has 0 aliphatic rings. The summed E-state index contributed by atoms with van der Waals surface area (Å²) in [6, 6.07) is 27.3. The van der Waals surface area contributed by atoms with Gasteiger partial charge in [-0.15, -0.1) is 0 Å². The Bertz CT molecular complexity index is 1270. The Morgan fingerprint density at radius 3 is 1.58 bits per heavy atom. The van der Waals surface area contributed by atoms with E-state index >= 15 is 0 Å². The molecular weight excluding hydrogens is 470 g/mol. The molecule has 170 valence electrons. The van der Waals surface area contributed by atoms with Gasteiger partial charge in [0, 0.05) is 12.1 Å². The minimum absolute atomic E-state index is 0.0703. The molecule has 9 heteroatoms. The minimum Gasteiger partial charge on any atom is -0.744 e. The largest absolute Gasteiger partial charge is 0.744 e. The van der Waals surface area contributed by atoms with Gasteiger partial charge in [0.2, 0.25) is 4.90 Å². The van der Waals surface area contributed by atoms with E-state index in [1.807, 2.05) is 36.4 Å². The molecule has 0 fully saturated rings. The Labute approximate surface area is 192 Å². The van der Waals surface area contributed by atoms with Gasteiger partial charge in [-0.2, -0.15) is 0 Å². The van der Waals surface area contributed by atoms with Crippen molar-refractivity contribution in [2.75, 3.05) is 0 Å². The third kappa shape index (κ3) is 6.10. The molecular formula is C24H18F2O5S2. The van der Waals surface area contributed by atoms with Gasteiger partial charge in [-0.1, -0.05) is 42.5 Å². The van der Waals surface area contributed by atoms with Crippen LogP contribution < -0.4 is 0 Å². The van der Waals surface area contributed by atoms with Gasteiger partial charge < -0.3 is 14.8 Å². The highest BCUT2D eigenvalue weighted by Gasteiger charge is 2.31. The predicted molar refractivity (Wildman–Crippen MR) is 119 cm³/mol.